The molecule has 0 saturated heterocycles. The molecule has 8 heteroatoms. The first-order valence-electron chi connectivity index (χ1n) is 7.52. The molecule has 2 aromatic heterocycles. The number of hydrogen-bond acceptors (Lipinski definition) is 3. The summed E-state index contributed by atoms with van der Waals surface area (Å²) in [7, 11) is 0. The minimum Gasteiger partial charge on any atom is -0.320 e. The average molecular weight is 344 g/mol. The number of aromatic nitrogens is 3. The highest BCUT2D eigenvalue weighted by molar-refractivity contribution is 6.33. The first-order chi connectivity index (χ1) is 11.6. The molecule has 2 amide bonds. The maximum absolute atomic E-state index is 12.5. The van der Waals surface area contributed by atoms with E-state index in [1.165, 1.54) is 4.52 Å². The molecule has 7 nitrogen and oxygen atoms in total. The van der Waals surface area contributed by atoms with Crippen LogP contribution in [0.5, 0.6) is 0 Å². The van der Waals surface area contributed by atoms with Crippen LogP contribution < -0.4 is 10.9 Å². The van der Waals surface area contributed by atoms with Crippen LogP contribution in [0.4, 0.5) is 10.5 Å². The third kappa shape index (κ3) is 2.43. The Kier molecular flexibility index (Phi) is 3.50. The highest BCUT2D eigenvalue weighted by atomic mass is 35.5. The van der Waals surface area contributed by atoms with Gasteiger partial charge in [-0.1, -0.05) is 23.7 Å². The standard InChI is InChI=1S/C16H14ClN5O2/c17-11-3-1-2-4-13(11)20-16(24)21-8-6-12-10(9-21)15(23)22-14(19-12)5-7-18-22/h1-5,7,18H,6,8-9H2,(H,20,24). The Morgan fingerprint density at radius 2 is 2.12 bits per heavy atom. The monoisotopic (exact) mass is 343 g/mol. The number of nitrogens with zero attached hydrogens (tertiary/aromatic N) is 3. The Labute approximate surface area is 141 Å². The minimum atomic E-state index is -0.287. The predicted molar refractivity (Wildman–Crippen MR) is 90.4 cm³/mol. The van der Waals surface area contributed by atoms with E-state index in [-0.39, 0.29) is 18.1 Å². The average Bonchev–Trinajstić information content (AvgIpc) is 3.05. The molecule has 3 heterocycles. The van der Waals surface area contributed by atoms with Crippen LogP contribution in [0.1, 0.15) is 11.3 Å². The van der Waals surface area contributed by atoms with Gasteiger partial charge in [-0.05, 0) is 12.1 Å². The van der Waals surface area contributed by atoms with Gasteiger partial charge in [-0.15, -0.1) is 0 Å². The number of carbonyl (C=O) groups excluding carboxylic acids is 1. The molecular formula is C16H14ClN5O2. The summed E-state index contributed by atoms with van der Waals surface area (Å²) in [6.07, 6.45) is 2.21. The van der Waals surface area contributed by atoms with E-state index in [4.69, 9.17) is 11.6 Å². The highest BCUT2D eigenvalue weighted by Crippen LogP contribution is 2.22. The van der Waals surface area contributed by atoms with Crippen molar-refractivity contribution in [2.45, 2.75) is 13.0 Å². The van der Waals surface area contributed by atoms with E-state index in [2.05, 4.69) is 15.4 Å². The minimum absolute atomic E-state index is 0.171. The molecule has 122 valence electrons. The molecule has 0 atom stereocenters. The molecule has 1 aromatic carbocycles. The number of carbonyl (C=O) groups is 1. The fourth-order valence-electron chi connectivity index (χ4n) is 2.85. The van der Waals surface area contributed by atoms with Crippen LogP contribution in [0, 0.1) is 0 Å². The van der Waals surface area contributed by atoms with Crippen LogP contribution in [-0.4, -0.2) is 32.1 Å². The van der Waals surface area contributed by atoms with Gasteiger partial charge in [0.25, 0.3) is 5.56 Å². The van der Waals surface area contributed by atoms with Crippen molar-refractivity contribution in [1.29, 1.82) is 0 Å². The molecule has 1 aliphatic rings. The van der Waals surface area contributed by atoms with E-state index in [9.17, 15) is 9.59 Å². The number of benzene rings is 1. The number of anilines is 1. The number of hydrogen-bond donors (Lipinski definition) is 2. The molecule has 0 unspecified atom stereocenters. The molecule has 3 aromatic rings. The fraction of sp³-hybridized carbons (Fsp3) is 0.188. The number of aromatic amines is 1. The van der Waals surface area contributed by atoms with Crippen LogP contribution in [0.15, 0.2) is 41.3 Å². The van der Waals surface area contributed by atoms with Crippen molar-refractivity contribution in [2.75, 3.05) is 11.9 Å². The molecule has 24 heavy (non-hydrogen) atoms. The number of fused-ring (bicyclic) bond motifs is 2. The van der Waals surface area contributed by atoms with Crippen molar-refractivity contribution in [3.8, 4) is 0 Å². The van der Waals surface area contributed by atoms with Gasteiger partial charge in [-0.2, -0.15) is 0 Å². The van der Waals surface area contributed by atoms with Gasteiger partial charge in [0.2, 0.25) is 0 Å². The number of halogens is 1. The van der Waals surface area contributed by atoms with E-state index < -0.39 is 0 Å². The maximum atomic E-state index is 12.5. The van der Waals surface area contributed by atoms with E-state index >= 15 is 0 Å². The second-order valence-corrected chi connectivity index (χ2v) is 5.99. The van der Waals surface area contributed by atoms with Gasteiger partial charge in [-0.3, -0.25) is 9.89 Å². The van der Waals surface area contributed by atoms with Crippen LogP contribution in [0.2, 0.25) is 5.02 Å². The van der Waals surface area contributed by atoms with Crippen LogP contribution in [0.3, 0.4) is 0 Å². The van der Waals surface area contributed by atoms with Crippen LogP contribution in [0.25, 0.3) is 5.65 Å². The first kappa shape index (κ1) is 14.8. The zero-order valence-corrected chi connectivity index (χ0v) is 13.4. The van der Waals surface area contributed by atoms with E-state index in [0.29, 0.717) is 34.9 Å². The van der Waals surface area contributed by atoms with Crippen molar-refractivity contribution in [1.82, 2.24) is 19.5 Å². The van der Waals surface area contributed by atoms with Gasteiger partial charge in [0.15, 0.2) is 5.65 Å². The lowest BCUT2D eigenvalue weighted by molar-refractivity contribution is 0.205. The van der Waals surface area contributed by atoms with Crippen molar-refractivity contribution in [3.63, 3.8) is 0 Å². The van der Waals surface area contributed by atoms with Gasteiger partial charge >= 0.3 is 6.03 Å². The Morgan fingerprint density at radius 3 is 2.96 bits per heavy atom. The lowest BCUT2D eigenvalue weighted by Gasteiger charge is -2.28. The molecule has 2 N–H and O–H groups in total. The molecule has 0 radical (unpaired) electrons. The smallest absolute Gasteiger partial charge is 0.320 e. The number of para-hydroxylation sites is 1. The van der Waals surface area contributed by atoms with E-state index in [1.54, 1.807) is 41.4 Å². The van der Waals surface area contributed by atoms with Gasteiger partial charge in [-0.25, -0.2) is 14.3 Å². The summed E-state index contributed by atoms with van der Waals surface area (Å²) in [4.78, 5) is 31.1. The van der Waals surface area contributed by atoms with Gasteiger partial charge in [0.1, 0.15) is 0 Å². The number of nitrogens with one attached hydrogen (secondary N) is 2. The number of amides is 2. The van der Waals surface area contributed by atoms with Crippen molar-refractivity contribution in [2.24, 2.45) is 0 Å². The Hall–Kier alpha value is -2.80. The zero-order chi connectivity index (χ0) is 16.7. The first-order valence-corrected chi connectivity index (χ1v) is 7.89. The summed E-state index contributed by atoms with van der Waals surface area (Å²) in [5, 5.41) is 6.09. The fourth-order valence-corrected chi connectivity index (χ4v) is 3.03. The lowest BCUT2D eigenvalue weighted by atomic mass is 10.1. The summed E-state index contributed by atoms with van der Waals surface area (Å²) < 4.78 is 1.38. The number of rotatable bonds is 1. The third-order valence-electron chi connectivity index (χ3n) is 4.09. The van der Waals surface area contributed by atoms with Gasteiger partial charge < -0.3 is 10.2 Å². The second kappa shape index (κ2) is 5.68. The van der Waals surface area contributed by atoms with Crippen molar-refractivity contribution < 1.29 is 4.79 Å². The summed E-state index contributed by atoms with van der Waals surface area (Å²) in [6, 6.07) is 8.50. The largest absolute Gasteiger partial charge is 0.322 e. The Bertz CT molecular complexity index is 994. The molecule has 4 rings (SSSR count). The van der Waals surface area contributed by atoms with Crippen molar-refractivity contribution in [3.05, 3.63) is 63.2 Å². The molecule has 0 bridgehead atoms. The molecule has 0 spiro atoms. The normalized spacial score (nSPS) is 13.8. The van der Waals surface area contributed by atoms with Crippen LogP contribution >= 0.6 is 11.6 Å². The number of H-pyrrole nitrogens is 1. The van der Waals surface area contributed by atoms with Gasteiger partial charge in [0.05, 0.1) is 28.5 Å². The van der Waals surface area contributed by atoms with E-state index in [1.807, 2.05) is 0 Å². The second-order valence-electron chi connectivity index (χ2n) is 5.58. The van der Waals surface area contributed by atoms with E-state index in [0.717, 1.165) is 5.69 Å². The summed E-state index contributed by atoms with van der Waals surface area (Å²) in [6.45, 7) is 0.718. The summed E-state index contributed by atoms with van der Waals surface area (Å²) in [5.41, 5.74) is 2.25. The summed E-state index contributed by atoms with van der Waals surface area (Å²) >= 11 is 6.07. The predicted octanol–water partition coefficient (Wildman–Crippen LogP) is 2.27. The zero-order valence-electron chi connectivity index (χ0n) is 12.6. The van der Waals surface area contributed by atoms with Crippen molar-refractivity contribution >= 4 is 29.0 Å². The number of urea groups is 1. The topological polar surface area (TPSA) is 82.5 Å². The molecule has 0 saturated carbocycles. The molecule has 0 aliphatic carbocycles. The lowest BCUT2D eigenvalue weighted by Crippen LogP contribution is -2.42. The summed E-state index contributed by atoms with van der Waals surface area (Å²) in [5.74, 6) is 0. The molecule has 1 aliphatic heterocycles. The maximum Gasteiger partial charge on any atom is 0.322 e. The molecule has 0 fully saturated rings. The van der Waals surface area contributed by atoms with Crippen LogP contribution in [-0.2, 0) is 13.0 Å². The quantitative estimate of drug-likeness (QED) is 0.711. The Morgan fingerprint density at radius 1 is 1.29 bits per heavy atom. The highest BCUT2D eigenvalue weighted by Gasteiger charge is 2.25. The van der Waals surface area contributed by atoms with Gasteiger partial charge in [0, 0.05) is 25.2 Å². The Balaban J connectivity index is 1.61. The SMILES string of the molecule is O=C(Nc1ccccc1Cl)N1CCc2nc3cc[nH]n3c(=O)c2C1. The third-order valence-corrected chi connectivity index (χ3v) is 4.42. The molecular weight excluding hydrogens is 330 g/mol.